The summed E-state index contributed by atoms with van der Waals surface area (Å²) < 4.78 is 1.06. The average Bonchev–Trinajstić information content (AvgIpc) is 2.14. The summed E-state index contributed by atoms with van der Waals surface area (Å²) in [6.45, 7) is 1.82. The number of amides is 1. The highest BCUT2D eigenvalue weighted by molar-refractivity contribution is 9.10. The van der Waals surface area contributed by atoms with Crippen molar-refractivity contribution in [2.24, 2.45) is 5.73 Å². The van der Waals surface area contributed by atoms with E-state index in [-0.39, 0.29) is 11.2 Å². The fraction of sp³-hybridized carbons (Fsp3) is 0.300. The fourth-order valence-corrected chi connectivity index (χ4v) is 2.16. The second-order valence-corrected chi connectivity index (χ2v) is 5.23. The van der Waals surface area contributed by atoms with E-state index < -0.39 is 0 Å². The number of hydrogen-bond acceptors (Lipinski definition) is 2. The summed E-state index contributed by atoms with van der Waals surface area (Å²) in [5.41, 5.74) is 6.35. The first-order valence-corrected chi connectivity index (χ1v) is 6.09. The van der Waals surface area contributed by atoms with E-state index in [1.54, 1.807) is 11.8 Å². The number of nitrogens with two attached hydrogens (primary N) is 1. The molecule has 0 heterocycles. The van der Waals surface area contributed by atoms with Gasteiger partial charge in [0.05, 0.1) is 5.25 Å². The van der Waals surface area contributed by atoms with Gasteiger partial charge in [0, 0.05) is 10.2 Å². The summed E-state index contributed by atoms with van der Waals surface area (Å²) in [7, 11) is 0. The molecule has 1 atom stereocenters. The third-order valence-corrected chi connectivity index (χ3v) is 3.52. The van der Waals surface area contributed by atoms with E-state index in [2.05, 4.69) is 15.9 Å². The standard InChI is InChI=1S/C10H12BrNOS/c1-7(10(12)13)14-6-8-3-2-4-9(11)5-8/h2-5,7H,6H2,1H3,(H2,12,13). The molecule has 1 rings (SSSR count). The van der Waals surface area contributed by atoms with Gasteiger partial charge in [0.25, 0.3) is 0 Å². The molecule has 0 aliphatic carbocycles. The van der Waals surface area contributed by atoms with Crippen LogP contribution in [0.3, 0.4) is 0 Å². The molecule has 0 bridgehead atoms. The highest BCUT2D eigenvalue weighted by Crippen LogP contribution is 2.19. The van der Waals surface area contributed by atoms with Crippen LogP contribution >= 0.6 is 27.7 Å². The summed E-state index contributed by atoms with van der Waals surface area (Å²) in [6.07, 6.45) is 0. The van der Waals surface area contributed by atoms with Crippen LogP contribution in [0.1, 0.15) is 12.5 Å². The Hall–Kier alpha value is -0.480. The summed E-state index contributed by atoms with van der Waals surface area (Å²) in [5.74, 6) is 0.550. The van der Waals surface area contributed by atoms with Crippen LogP contribution < -0.4 is 5.73 Å². The number of rotatable bonds is 4. The molecule has 1 unspecified atom stereocenters. The Kier molecular flexibility index (Phi) is 4.48. The highest BCUT2D eigenvalue weighted by Gasteiger charge is 2.08. The van der Waals surface area contributed by atoms with Crippen LogP contribution in [0.25, 0.3) is 0 Å². The lowest BCUT2D eigenvalue weighted by atomic mass is 10.2. The van der Waals surface area contributed by atoms with Crippen molar-refractivity contribution in [1.29, 1.82) is 0 Å². The maximum Gasteiger partial charge on any atom is 0.230 e. The van der Waals surface area contributed by atoms with Crippen LogP contribution in [0, 0.1) is 0 Å². The third-order valence-electron chi connectivity index (χ3n) is 1.79. The number of hydrogen-bond donors (Lipinski definition) is 1. The Morgan fingerprint density at radius 1 is 1.64 bits per heavy atom. The summed E-state index contributed by atoms with van der Waals surface area (Å²) >= 11 is 4.95. The molecule has 14 heavy (non-hydrogen) atoms. The van der Waals surface area contributed by atoms with Gasteiger partial charge in [-0.15, -0.1) is 11.8 Å². The Bertz CT molecular complexity index is 330. The van der Waals surface area contributed by atoms with Crippen molar-refractivity contribution in [2.75, 3.05) is 0 Å². The normalized spacial score (nSPS) is 12.4. The van der Waals surface area contributed by atoms with Gasteiger partial charge >= 0.3 is 0 Å². The van der Waals surface area contributed by atoms with Gasteiger partial charge in [-0.05, 0) is 24.6 Å². The Morgan fingerprint density at radius 3 is 2.93 bits per heavy atom. The van der Waals surface area contributed by atoms with E-state index >= 15 is 0 Å². The predicted molar refractivity (Wildman–Crippen MR) is 64.1 cm³/mol. The lowest BCUT2D eigenvalue weighted by Crippen LogP contribution is -2.22. The minimum Gasteiger partial charge on any atom is -0.369 e. The van der Waals surface area contributed by atoms with Crippen LogP contribution in [0.15, 0.2) is 28.7 Å². The molecule has 0 aliphatic rings. The predicted octanol–water partition coefficient (Wildman–Crippen LogP) is 2.56. The number of halogens is 1. The quantitative estimate of drug-likeness (QED) is 0.917. The summed E-state index contributed by atoms with van der Waals surface area (Å²) in [6, 6.07) is 8.03. The zero-order chi connectivity index (χ0) is 10.6. The Balaban J connectivity index is 2.49. The van der Waals surface area contributed by atoms with Gasteiger partial charge in [-0.1, -0.05) is 28.1 Å². The van der Waals surface area contributed by atoms with Gasteiger partial charge < -0.3 is 5.73 Å². The lowest BCUT2D eigenvalue weighted by Gasteiger charge is -2.06. The van der Waals surface area contributed by atoms with Gasteiger partial charge in [-0.25, -0.2) is 0 Å². The molecular weight excluding hydrogens is 262 g/mol. The number of thioether (sulfide) groups is 1. The van der Waals surface area contributed by atoms with Crippen LogP contribution in [-0.4, -0.2) is 11.2 Å². The summed E-state index contributed by atoms with van der Waals surface area (Å²) in [5, 5.41) is -0.131. The van der Waals surface area contributed by atoms with Crippen LogP contribution in [-0.2, 0) is 10.5 Å². The zero-order valence-electron chi connectivity index (χ0n) is 7.87. The summed E-state index contributed by atoms with van der Waals surface area (Å²) in [4.78, 5) is 10.8. The number of carbonyl (C=O) groups excluding carboxylic acids is 1. The largest absolute Gasteiger partial charge is 0.369 e. The molecule has 2 nitrogen and oxygen atoms in total. The molecule has 0 aliphatic heterocycles. The number of carbonyl (C=O) groups is 1. The number of benzene rings is 1. The first-order chi connectivity index (χ1) is 6.59. The van der Waals surface area contributed by atoms with E-state index in [4.69, 9.17) is 5.73 Å². The van der Waals surface area contributed by atoms with Crippen molar-refractivity contribution in [2.45, 2.75) is 17.9 Å². The molecule has 0 radical (unpaired) electrons. The van der Waals surface area contributed by atoms with Crippen molar-refractivity contribution in [3.63, 3.8) is 0 Å². The van der Waals surface area contributed by atoms with Crippen LogP contribution in [0.2, 0.25) is 0 Å². The lowest BCUT2D eigenvalue weighted by molar-refractivity contribution is -0.117. The van der Waals surface area contributed by atoms with Gasteiger partial charge in [-0.2, -0.15) is 0 Å². The molecule has 1 aromatic rings. The molecule has 1 amide bonds. The van der Waals surface area contributed by atoms with E-state index in [9.17, 15) is 4.79 Å². The van der Waals surface area contributed by atoms with Gasteiger partial charge in [-0.3, -0.25) is 4.79 Å². The monoisotopic (exact) mass is 273 g/mol. The minimum absolute atomic E-state index is 0.131. The first kappa shape index (κ1) is 11.6. The van der Waals surface area contributed by atoms with E-state index in [0.717, 1.165) is 10.2 Å². The Labute approximate surface area is 96.4 Å². The van der Waals surface area contributed by atoms with Crippen molar-refractivity contribution in [3.05, 3.63) is 34.3 Å². The van der Waals surface area contributed by atoms with Gasteiger partial charge in [0.15, 0.2) is 0 Å². The van der Waals surface area contributed by atoms with Crippen molar-refractivity contribution >= 4 is 33.6 Å². The second-order valence-electron chi connectivity index (χ2n) is 2.99. The molecule has 0 spiro atoms. The topological polar surface area (TPSA) is 43.1 Å². The van der Waals surface area contributed by atoms with Crippen molar-refractivity contribution in [1.82, 2.24) is 0 Å². The SMILES string of the molecule is CC(SCc1cccc(Br)c1)C(N)=O. The maximum absolute atomic E-state index is 10.8. The molecule has 1 aromatic carbocycles. The van der Waals surface area contributed by atoms with Gasteiger partial charge in [0.2, 0.25) is 5.91 Å². The van der Waals surface area contributed by atoms with E-state index in [1.165, 1.54) is 5.56 Å². The minimum atomic E-state index is -0.259. The second kappa shape index (κ2) is 5.41. The molecule has 4 heteroatoms. The smallest absolute Gasteiger partial charge is 0.230 e. The molecule has 2 N–H and O–H groups in total. The van der Waals surface area contributed by atoms with Crippen molar-refractivity contribution < 1.29 is 4.79 Å². The fourth-order valence-electron chi connectivity index (χ4n) is 0.930. The third kappa shape index (κ3) is 3.72. The maximum atomic E-state index is 10.8. The molecule has 0 saturated carbocycles. The van der Waals surface area contributed by atoms with E-state index in [0.29, 0.717) is 0 Å². The van der Waals surface area contributed by atoms with E-state index in [1.807, 2.05) is 31.2 Å². The average molecular weight is 274 g/mol. The van der Waals surface area contributed by atoms with Crippen LogP contribution in [0.5, 0.6) is 0 Å². The Morgan fingerprint density at radius 2 is 2.36 bits per heavy atom. The molecule has 76 valence electrons. The molecule has 0 aromatic heterocycles. The zero-order valence-corrected chi connectivity index (χ0v) is 10.3. The molecular formula is C10H12BrNOS. The molecule has 0 saturated heterocycles. The number of primary amides is 1. The molecule has 0 fully saturated rings. The van der Waals surface area contributed by atoms with Gasteiger partial charge in [0.1, 0.15) is 0 Å². The van der Waals surface area contributed by atoms with Crippen LogP contribution in [0.4, 0.5) is 0 Å². The first-order valence-electron chi connectivity index (χ1n) is 4.25. The van der Waals surface area contributed by atoms with Crippen molar-refractivity contribution in [3.8, 4) is 0 Å². The highest BCUT2D eigenvalue weighted by atomic mass is 79.9.